The quantitative estimate of drug-likeness (QED) is 0.579. The summed E-state index contributed by atoms with van der Waals surface area (Å²) in [5.41, 5.74) is 0.939. The van der Waals surface area contributed by atoms with E-state index in [-0.39, 0.29) is 0 Å². The summed E-state index contributed by atoms with van der Waals surface area (Å²) >= 11 is 0. The van der Waals surface area contributed by atoms with Crippen molar-refractivity contribution in [1.29, 1.82) is 5.41 Å². The molecule has 1 unspecified atom stereocenters. The van der Waals surface area contributed by atoms with E-state index in [9.17, 15) is 0 Å². The SMILES string of the molecule is C=C(C=N)C(C)CC(C)C. The first-order chi connectivity index (χ1) is 4.57. The molecular formula is C9H17N. The van der Waals surface area contributed by atoms with Crippen molar-refractivity contribution < 1.29 is 0 Å². The number of allylic oxidation sites excluding steroid dienone is 1. The minimum Gasteiger partial charge on any atom is -0.308 e. The predicted molar refractivity (Wildman–Crippen MR) is 46.5 cm³/mol. The maximum atomic E-state index is 6.96. The second kappa shape index (κ2) is 4.26. The van der Waals surface area contributed by atoms with E-state index >= 15 is 0 Å². The van der Waals surface area contributed by atoms with Gasteiger partial charge in [0.1, 0.15) is 0 Å². The fourth-order valence-electron chi connectivity index (χ4n) is 1.00. The number of hydrogen-bond acceptors (Lipinski definition) is 1. The van der Waals surface area contributed by atoms with Crippen LogP contribution in [0.25, 0.3) is 0 Å². The maximum Gasteiger partial charge on any atom is 0.0206 e. The summed E-state index contributed by atoms with van der Waals surface area (Å²) in [6.07, 6.45) is 2.49. The molecule has 1 N–H and O–H groups in total. The van der Waals surface area contributed by atoms with Crippen molar-refractivity contribution in [2.75, 3.05) is 0 Å². The van der Waals surface area contributed by atoms with Gasteiger partial charge in [-0.3, -0.25) is 0 Å². The van der Waals surface area contributed by atoms with Crippen molar-refractivity contribution in [3.8, 4) is 0 Å². The van der Waals surface area contributed by atoms with E-state index in [1.165, 1.54) is 6.21 Å². The molecule has 0 aliphatic rings. The lowest BCUT2D eigenvalue weighted by Gasteiger charge is -2.12. The molecular weight excluding hydrogens is 122 g/mol. The van der Waals surface area contributed by atoms with E-state index in [4.69, 9.17) is 5.41 Å². The highest BCUT2D eigenvalue weighted by Crippen LogP contribution is 2.16. The van der Waals surface area contributed by atoms with E-state index in [0.29, 0.717) is 11.8 Å². The van der Waals surface area contributed by atoms with Crippen molar-refractivity contribution in [1.82, 2.24) is 0 Å². The Morgan fingerprint density at radius 1 is 1.50 bits per heavy atom. The lowest BCUT2D eigenvalue weighted by atomic mass is 9.93. The molecule has 0 radical (unpaired) electrons. The number of rotatable bonds is 4. The first-order valence-corrected chi connectivity index (χ1v) is 3.77. The molecule has 0 amide bonds. The van der Waals surface area contributed by atoms with Crippen LogP contribution in [-0.4, -0.2) is 6.21 Å². The van der Waals surface area contributed by atoms with Crippen LogP contribution in [0.3, 0.4) is 0 Å². The smallest absolute Gasteiger partial charge is 0.0206 e. The third kappa shape index (κ3) is 3.44. The number of hydrogen-bond donors (Lipinski definition) is 1. The van der Waals surface area contributed by atoms with Crippen LogP contribution < -0.4 is 0 Å². The zero-order chi connectivity index (χ0) is 8.15. The van der Waals surface area contributed by atoms with Crippen molar-refractivity contribution >= 4 is 6.21 Å². The topological polar surface area (TPSA) is 23.9 Å². The van der Waals surface area contributed by atoms with Gasteiger partial charge in [-0.05, 0) is 23.8 Å². The Labute approximate surface area is 63.7 Å². The Morgan fingerprint density at radius 2 is 2.00 bits per heavy atom. The molecule has 0 saturated heterocycles. The average molecular weight is 139 g/mol. The second-order valence-electron chi connectivity index (χ2n) is 3.25. The van der Waals surface area contributed by atoms with Gasteiger partial charge in [0.25, 0.3) is 0 Å². The summed E-state index contributed by atoms with van der Waals surface area (Å²) in [6.45, 7) is 10.3. The van der Waals surface area contributed by atoms with Crippen LogP contribution in [0.4, 0.5) is 0 Å². The lowest BCUT2D eigenvalue weighted by molar-refractivity contribution is 0.496. The van der Waals surface area contributed by atoms with Crippen LogP contribution in [0.1, 0.15) is 27.2 Å². The molecule has 58 valence electrons. The highest BCUT2D eigenvalue weighted by molar-refractivity contribution is 5.75. The van der Waals surface area contributed by atoms with Crippen LogP contribution in [0.15, 0.2) is 12.2 Å². The highest BCUT2D eigenvalue weighted by Gasteiger charge is 2.05. The third-order valence-corrected chi connectivity index (χ3v) is 1.64. The second-order valence-corrected chi connectivity index (χ2v) is 3.25. The van der Waals surface area contributed by atoms with Gasteiger partial charge >= 0.3 is 0 Å². The standard InChI is InChI=1S/C9H17N/c1-7(2)5-8(3)9(4)6-10/h6-8,10H,4-5H2,1-3H3. The summed E-state index contributed by atoms with van der Waals surface area (Å²) < 4.78 is 0. The molecule has 1 heteroatoms. The Morgan fingerprint density at radius 3 is 2.30 bits per heavy atom. The van der Waals surface area contributed by atoms with E-state index in [2.05, 4.69) is 27.4 Å². The zero-order valence-corrected chi connectivity index (χ0v) is 7.15. The minimum absolute atomic E-state index is 0.470. The summed E-state index contributed by atoms with van der Waals surface area (Å²) in [5.74, 6) is 1.17. The zero-order valence-electron chi connectivity index (χ0n) is 7.15. The summed E-state index contributed by atoms with van der Waals surface area (Å²) in [4.78, 5) is 0. The Hall–Kier alpha value is -0.590. The monoisotopic (exact) mass is 139 g/mol. The van der Waals surface area contributed by atoms with Crippen LogP contribution in [0.2, 0.25) is 0 Å². The van der Waals surface area contributed by atoms with Crippen LogP contribution >= 0.6 is 0 Å². The first kappa shape index (κ1) is 9.41. The minimum atomic E-state index is 0.470. The Bertz CT molecular complexity index is 125. The third-order valence-electron chi connectivity index (χ3n) is 1.64. The molecule has 1 nitrogen and oxygen atoms in total. The van der Waals surface area contributed by atoms with Gasteiger partial charge in [-0.15, -0.1) is 0 Å². The molecule has 0 fully saturated rings. The molecule has 0 heterocycles. The van der Waals surface area contributed by atoms with E-state index < -0.39 is 0 Å². The highest BCUT2D eigenvalue weighted by atomic mass is 14.3. The molecule has 0 saturated carbocycles. The molecule has 1 atom stereocenters. The van der Waals surface area contributed by atoms with Gasteiger partial charge in [-0.2, -0.15) is 0 Å². The number of nitrogens with one attached hydrogen (secondary N) is 1. The molecule has 0 aromatic rings. The Balaban J connectivity index is 3.72. The van der Waals surface area contributed by atoms with Crippen molar-refractivity contribution in [2.45, 2.75) is 27.2 Å². The molecule has 0 aliphatic carbocycles. The van der Waals surface area contributed by atoms with Gasteiger partial charge in [0.2, 0.25) is 0 Å². The fraction of sp³-hybridized carbons (Fsp3) is 0.667. The van der Waals surface area contributed by atoms with Gasteiger partial charge in [0.15, 0.2) is 0 Å². The summed E-state index contributed by atoms with van der Waals surface area (Å²) in [6, 6.07) is 0. The van der Waals surface area contributed by atoms with Crippen LogP contribution in [0, 0.1) is 17.2 Å². The maximum absolute atomic E-state index is 6.96. The van der Waals surface area contributed by atoms with Gasteiger partial charge in [0.05, 0.1) is 0 Å². The fourth-order valence-corrected chi connectivity index (χ4v) is 1.00. The summed E-state index contributed by atoms with van der Waals surface area (Å²) in [7, 11) is 0. The summed E-state index contributed by atoms with van der Waals surface area (Å²) in [5, 5.41) is 6.96. The van der Waals surface area contributed by atoms with Crippen LogP contribution in [0.5, 0.6) is 0 Å². The van der Waals surface area contributed by atoms with Gasteiger partial charge in [0, 0.05) is 6.21 Å². The molecule has 0 aliphatic heterocycles. The van der Waals surface area contributed by atoms with Crippen molar-refractivity contribution in [3.63, 3.8) is 0 Å². The van der Waals surface area contributed by atoms with E-state index in [1.807, 2.05) is 0 Å². The van der Waals surface area contributed by atoms with Crippen molar-refractivity contribution in [3.05, 3.63) is 12.2 Å². The molecule has 0 spiro atoms. The van der Waals surface area contributed by atoms with Crippen molar-refractivity contribution in [2.24, 2.45) is 11.8 Å². The Kier molecular flexibility index (Phi) is 4.01. The first-order valence-electron chi connectivity index (χ1n) is 3.77. The van der Waals surface area contributed by atoms with Gasteiger partial charge < -0.3 is 5.41 Å². The molecule has 0 aromatic carbocycles. The van der Waals surface area contributed by atoms with Gasteiger partial charge in [-0.1, -0.05) is 27.4 Å². The molecule has 10 heavy (non-hydrogen) atoms. The van der Waals surface area contributed by atoms with E-state index in [1.54, 1.807) is 0 Å². The molecule has 0 bridgehead atoms. The molecule has 0 aromatic heterocycles. The average Bonchev–Trinajstić information content (AvgIpc) is 1.85. The predicted octanol–water partition coefficient (Wildman–Crippen LogP) is 2.87. The van der Waals surface area contributed by atoms with Crippen LogP contribution in [-0.2, 0) is 0 Å². The lowest BCUT2D eigenvalue weighted by Crippen LogP contribution is -2.03. The van der Waals surface area contributed by atoms with E-state index in [0.717, 1.165) is 12.0 Å². The largest absolute Gasteiger partial charge is 0.308 e. The molecule has 0 rings (SSSR count). The normalized spacial score (nSPS) is 13.2. The van der Waals surface area contributed by atoms with Gasteiger partial charge in [-0.25, -0.2) is 0 Å².